The molecule has 4 aliphatic carbocycles. The molecule has 0 heteroatoms. The van der Waals surface area contributed by atoms with E-state index >= 15 is 0 Å². The molecule has 0 aromatic carbocycles. The van der Waals surface area contributed by atoms with Gasteiger partial charge < -0.3 is 0 Å². The van der Waals surface area contributed by atoms with Crippen LogP contribution in [0, 0.1) is 23.7 Å². The molecule has 156 valence electrons. The van der Waals surface area contributed by atoms with Gasteiger partial charge in [0.2, 0.25) is 0 Å². The van der Waals surface area contributed by atoms with E-state index in [0.717, 1.165) is 23.7 Å². The zero-order valence-electron chi connectivity index (χ0n) is 19.0. The maximum absolute atomic E-state index is 2.71. The molecular weight excluding hydrogens is 336 g/mol. The predicted octanol–water partition coefficient (Wildman–Crippen LogP) is 8.94. The molecular formula is C28H44. The molecule has 28 heavy (non-hydrogen) atoms. The Morgan fingerprint density at radius 1 is 0.929 bits per heavy atom. The number of rotatable bonds is 5. The van der Waals surface area contributed by atoms with E-state index in [0.29, 0.717) is 0 Å². The summed E-state index contributed by atoms with van der Waals surface area (Å²) in [6, 6.07) is 0. The highest BCUT2D eigenvalue weighted by molar-refractivity contribution is 5.57. The highest BCUT2D eigenvalue weighted by atomic mass is 14.4. The summed E-state index contributed by atoms with van der Waals surface area (Å²) in [5, 5.41) is 0. The monoisotopic (exact) mass is 380 g/mol. The van der Waals surface area contributed by atoms with E-state index in [2.05, 4.69) is 26.8 Å². The van der Waals surface area contributed by atoms with E-state index in [1.807, 2.05) is 27.9 Å². The van der Waals surface area contributed by atoms with Crippen molar-refractivity contribution in [3.05, 3.63) is 33.9 Å². The molecule has 0 nitrogen and oxygen atoms in total. The molecule has 0 aliphatic heterocycles. The Morgan fingerprint density at radius 3 is 2.46 bits per heavy atom. The Kier molecular flexibility index (Phi) is 6.85. The van der Waals surface area contributed by atoms with E-state index in [1.165, 1.54) is 96.3 Å². The quantitative estimate of drug-likeness (QED) is 0.446. The lowest BCUT2D eigenvalue weighted by Crippen LogP contribution is -2.31. The first-order chi connectivity index (χ1) is 13.7. The van der Waals surface area contributed by atoms with Crippen molar-refractivity contribution in [2.75, 3.05) is 0 Å². The number of hydrogen-bond donors (Lipinski definition) is 0. The predicted molar refractivity (Wildman–Crippen MR) is 122 cm³/mol. The Labute approximate surface area is 175 Å². The minimum atomic E-state index is 0.775. The van der Waals surface area contributed by atoms with Gasteiger partial charge in [-0.3, -0.25) is 0 Å². The first kappa shape index (κ1) is 20.5. The van der Waals surface area contributed by atoms with Crippen molar-refractivity contribution in [3.8, 4) is 0 Å². The maximum atomic E-state index is 2.71. The summed E-state index contributed by atoms with van der Waals surface area (Å²) in [5.41, 5.74) is 9.35. The second kappa shape index (κ2) is 9.36. The van der Waals surface area contributed by atoms with Gasteiger partial charge in [-0.25, -0.2) is 0 Å². The van der Waals surface area contributed by atoms with E-state index in [-0.39, 0.29) is 0 Å². The molecule has 2 saturated carbocycles. The van der Waals surface area contributed by atoms with Gasteiger partial charge in [0.05, 0.1) is 0 Å². The Bertz CT molecular complexity index is 637. The second-order valence-electron chi connectivity index (χ2n) is 10.4. The smallest absolute Gasteiger partial charge is 0.00820 e. The van der Waals surface area contributed by atoms with Crippen molar-refractivity contribution in [2.45, 2.75) is 117 Å². The van der Waals surface area contributed by atoms with Crippen LogP contribution in [0.4, 0.5) is 0 Å². The summed E-state index contributed by atoms with van der Waals surface area (Å²) in [7, 11) is 0. The van der Waals surface area contributed by atoms with E-state index < -0.39 is 0 Å². The summed E-state index contributed by atoms with van der Waals surface area (Å²) in [6.45, 7) is 7.39. The van der Waals surface area contributed by atoms with Crippen molar-refractivity contribution < 1.29 is 0 Å². The van der Waals surface area contributed by atoms with Gasteiger partial charge in [0.25, 0.3) is 0 Å². The van der Waals surface area contributed by atoms with Gasteiger partial charge in [0, 0.05) is 5.92 Å². The summed E-state index contributed by atoms with van der Waals surface area (Å²) in [5.74, 6) is 3.50. The summed E-state index contributed by atoms with van der Waals surface area (Å²) in [6.07, 6.45) is 23.9. The van der Waals surface area contributed by atoms with Crippen LogP contribution < -0.4 is 0 Å². The van der Waals surface area contributed by atoms with Gasteiger partial charge in [-0.1, -0.05) is 70.9 Å². The molecule has 2 fully saturated rings. The molecule has 0 N–H and O–H groups in total. The number of fused-ring (bicyclic) bond motifs is 1. The van der Waals surface area contributed by atoms with Crippen LogP contribution in [0.25, 0.3) is 0 Å². The van der Waals surface area contributed by atoms with Crippen molar-refractivity contribution in [2.24, 2.45) is 23.7 Å². The maximum Gasteiger partial charge on any atom is 0.00820 e. The molecule has 4 rings (SSSR count). The second-order valence-corrected chi connectivity index (χ2v) is 10.4. The minimum Gasteiger partial charge on any atom is -0.0804 e. The van der Waals surface area contributed by atoms with Crippen LogP contribution in [-0.4, -0.2) is 0 Å². The topological polar surface area (TPSA) is 0 Å². The average molecular weight is 381 g/mol. The lowest BCUT2D eigenvalue weighted by molar-refractivity contribution is 0.238. The standard InChI is InChI=1S/C28H44/c1-4-12-24-23(5-2)28(22-16-11-13-20(3)19-22)26-18-10-9-17-25(26)27(24)21-14-7-6-8-15-21/h18,20-22,28H,4-17,19H2,1-3H3. The molecule has 0 aromatic heterocycles. The largest absolute Gasteiger partial charge is 0.0804 e. The zero-order valence-corrected chi connectivity index (χ0v) is 19.0. The van der Waals surface area contributed by atoms with Crippen molar-refractivity contribution in [1.29, 1.82) is 0 Å². The normalized spacial score (nSPS) is 32.4. The van der Waals surface area contributed by atoms with E-state index in [9.17, 15) is 0 Å². The first-order valence-corrected chi connectivity index (χ1v) is 12.9. The summed E-state index contributed by atoms with van der Waals surface area (Å²) >= 11 is 0. The van der Waals surface area contributed by atoms with E-state index in [1.54, 1.807) is 0 Å². The zero-order chi connectivity index (χ0) is 19.5. The molecule has 0 heterocycles. The fourth-order valence-corrected chi connectivity index (χ4v) is 7.32. The van der Waals surface area contributed by atoms with Gasteiger partial charge in [-0.05, 0) is 97.8 Å². The fourth-order valence-electron chi connectivity index (χ4n) is 7.32. The molecule has 3 unspecified atom stereocenters. The van der Waals surface area contributed by atoms with Gasteiger partial charge in [-0.15, -0.1) is 0 Å². The molecule has 0 saturated heterocycles. The van der Waals surface area contributed by atoms with Crippen LogP contribution in [-0.2, 0) is 0 Å². The highest BCUT2D eigenvalue weighted by Crippen LogP contribution is 2.54. The van der Waals surface area contributed by atoms with Crippen LogP contribution in [0.5, 0.6) is 0 Å². The van der Waals surface area contributed by atoms with Crippen LogP contribution in [0.1, 0.15) is 117 Å². The minimum absolute atomic E-state index is 0.775. The van der Waals surface area contributed by atoms with Gasteiger partial charge in [-0.2, -0.15) is 0 Å². The molecule has 0 aromatic rings. The third kappa shape index (κ3) is 3.95. The lowest BCUT2D eigenvalue weighted by Gasteiger charge is -2.44. The van der Waals surface area contributed by atoms with Crippen LogP contribution in [0.15, 0.2) is 33.9 Å². The van der Waals surface area contributed by atoms with Crippen molar-refractivity contribution in [3.63, 3.8) is 0 Å². The highest BCUT2D eigenvalue weighted by Gasteiger charge is 2.40. The van der Waals surface area contributed by atoms with Crippen LogP contribution in [0.2, 0.25) is 0 Å². The van der Waals surface area contributed by atoms with Gasteiger partial charge >= 0.3 is 0 Å². The van der Waals surface area contributed by atoms with E-state index in [4.69, 9.17) is 0 Å². The van der Waals surface area contributed by atoms with Gasteiger partial charge in [0.15, 0.2) is 0 Å². The third-order valence-electron chi connectivity index (χ3n) is 8.43. The number of hydrogen-bond acceptors (Lipinski definition) is 0. The molecule has 0 spiro atoms. The Hall–Kier alpha value is -0.780. The molecule has 4 aliphatic rings. The Morgan fingerprint density at radius 2 is 1.75 bits per heavy atom. The molecule has 0 radical (unpaired) electrons. The van der Waals surface area contributed by atoms with Crippen LogP contribution >= 0.6 is 0 Å². The van der Waals surface area contributed by atoms with Crippen molar-refractivity contribution in [1.82, 2.24) is 0 Å². The fraction of sp³-hybridized carbons (Fsp3) is 0.786. The Balaban J connectivity index is 1.80. The average Bonchev–Trinajstić information content (AvgIpc) is 2.73. The molecule has 0 amide bonds. The molecule has 0 bridgehead atoms. The first-order valence-electron chi connectivity index (χ1n) is 12.9. The third-order valence-corrected chi connectivity index (χ3v) is 8.43. The number of allylic oxidation sites excluding steroid dienone is 6. The van der Waals surface area contributed by atoms with Gasteiger partial charge in [0.1, 0.15) is 0 Å². The SMILES string of the molecule is CCCC1=C(CC)C(C2CCCC(C)C2)C2=CCCCC2=C1C1CCCCC1. The molecule has 3 atom stereocenters. The lowest BCUT2D eigenvalue weighted by atomic mass is 9.60. The summed E-state index contributed by atoms with van der Waals surface area (Å²) < 4.78 is 0. The van der Waals surface area contributed by atoms with Crippen LogP contribution in [0.3, 0.4) is 0 Å². The summed E-state index contributed by atoms with van der Waals surface area (Å²) in [4.78, 5) is 0. The van der Waals surface area contributed by atoms with Crippen molar-refractivity contribution >= 4 is 0 Å².